The molecule has 5 heterocycles. The molecular weight excluding hydrogens is 1400 g/mol. The molecular formula is C111H83N5. The summed E-state index contributed by atoms with van der Waals surface area (Å²) < 4.78 is 11.9. The van der Waals surface area contributed by atoms with Gasteiger partial charge < -0.3 is 22.8 Å². The molecule has 0 aliphatic carbocycles. The summed E-state index contributed by atoms with van der Waals surface area (Å²) in [6, 6.07) is 148. The van der Waals surface area contributed by atoms with E-state index < -0.39 is 0 Å². The fraction of sp³-hybridized carbons (Fsp3) is 0.0450. The van der Waals surface area contributed by atoms with Crippen LogP contribution in [0.15, 0.2) is 413 Å². The zero-order chi connectivity index (χ0) is 77.9. The molecule has 24 aromatic rings. The van der Waals surface area contributed by atoms with Gasteiger partial charge in [0.1, 0.15) is 0 Å². The lowest BCUT2D eigenvalue weighted by atomic mass is 10.0. The van der Waals surface area contributed by atoms with Gasteiger partial charge in [-0.2, -0.15) is 0 Å². The monoisotopic (exact) mass is 1490 g/mol. The quantitative estimate of drug-likeness (QED) is 0.164. The third-order valence-corrected chi connectivity index (χ3v) is 23.1. The largest absolute Gasteiger partial charge is 0.309 e. The highest BCUT2D eigenvalue weighted by atomic mass is 15.0. The van der Waals surface area contributed by atoms with Crippen molar-refractivity contribution in [1.82, 2.24) is 22.8 Å². The number of benzene rings is 19. The van der Waals surface area contributed by atoms with Gasteiger partial charge in [-0.1, -0.05) is 295 Å². The molecule has 0 aliphatic heterocycles. The molecule has 552 valence electrons. The maximum Gasteiger partial charge on any atom is 0.0619 e. The summed E-state index contributed by atoms with van der Waals surface area (Å²) in [5.41, 5.74) is 25.2. The van der Waals surface area contributed by atoms with Crippen molar-refractivity contribution < 1.29 is 0 Å². The molecule has 5 aromatic heterocycles. The highest BCUT2D eigenvalue weighted by molar-refractivity contribution is 6.22. The summed E-state index contributed by atoms with van der Waals surface area (Å²) in [6.07, 6.45) is 0. The van der Waals surface area contributed by atoms with Crippen LogP contribution < -0.4 is 0 Å². The Morgan fingerprint density at radius 3 is 0.966 bits per heavy atom. The van der Waals surface area contributed by atoms with Gasteiger partial charge in [-0.3, -0.25) is 0 Å². The Morgan fingerprint density at radius 2 is 0.448 bits per heavy atom. The summed E-state index contributed by atoms with van der Waals surface area (Å²) in [6.45, 7) is 10.8. The number of aryl methyl sites for hydroxylation is 5. The van der Waals surface area contributed by atoms with Crippen molar-refractivity contribution in [3.05, 3.63) is 440 Å². The number of nitrogens with zero attached hydrogens (tertiary/aromatic N) is 5. The van der Waals surface area contributed by atoms with Crippen LogP contribution in [0, 0.1) is 34.6 Å². The molecule has 0 N–H and O–H groups in total. The van der Waals surface area contributed by atoms with Crippen LogP contribution in [0.2, 0.25) is 0 Å². The van der Waals surface area contributed by atoms with Crippen molar-refractivity contribution in [2.45, 2.75) is 34.6 Å². The number of aromatic nitrogens is 5. The van der Waals surface area contributed by atoms with Crippen molar-refractivity contribution in [2.24, 2.45) is 0 Å². The van der Waals surface area contributed by atoms with Gasteiger partial charge in [0, 0.05) is 87.4 Å². The Hall–Kier alpha value is -14.8. The van der Waals surface area contributed by atoms with Crippen LogP contribution in [0.3, 0.4) is 0 Å². The van der Waals surface area contributed by atoms with Crippen LogP contribution in [0.4, 0.5) is 0 Å². The molecule has 0 saturated heterocycles. The molecule has 0 bridgehead atoms. The summed E-state index contributed by atoms with van der Waals surface area (Å²) in [4.78, 5) is 0. The van der Waals surface area contributed by atoms with E-state index in [2.05, 4.69) is 470 Å². The lowest BCUT2D eigenvalue weighted by molar-refractivity contribution is 1.18. The molecule has 0 saturated carbocycles. The van der Waals surface area contributed by atoms with Gasteiger partial charge in [-0.15, -0.1) is 0 Å². The third kappa shape index (κ3) is 12.5. The molecule has 0 amide bonds. The van der Waals surface area contributed by atoms with Crippen molar-refractivity contribution in [3.63, 3.8) is 0 Å². The number of hydrogen-bond donors (Lipinski definition) is 0. The number of para-hydroxylation sites is 6. The molecule has 0 aliphatic rings. The highest BCUT2D eigenvalue weighted by Crippen LogP contribution is 2.42. The predicted molar refractivity (Wildman–Crippen MR) is 498 cm³/mol. The Balaban J connectivity index is 0.0000000937. The first-order valence-corrected chi connectivity index (χ1v) is 40.1. The van der Waals surface area contributed by atoms with Crippen LogP contribution >= 0.6 is 0 Å². The molecule has 5 nitrogen and oxygen atoms in total. The zero-order valence-electron chi connectivity index (χ0n) is 65.5. The van der Waals surface area contributed by atoms with E-state index in [0.29, 0.717) is 0 Å². The second-order valence-electron chi connectivity index (χ2n) is 30.7. The van der Waals surface area contributed by atoms with Gasteiger partial charge in [0.15, 0.2) is 0 Å². The molecule has 5 heteroatoms. The lowest BCUT2D eigenvalue weighted by Gasteiger charge is -2.11. The fourth-order valence-corrected chi connectivity index (χ4v) is 17.9. The molecule has 0 fully saturated rings. The molecule has 116 heavy (non-hydrogen) atoms. The lowest BCUT2D eigenvalue weighted by Crippen LogP contribution is -1.94. The highest BCUT2D eigenvalue weighted by Gasteiger charge is 2.20. The summed E-state index contributed by atoms with van der Waals surface area (Å²) in [7, 11) is 0. The van der Waals surface area contributed by atoms with Gasteiger partial charge in [0.25, 0.3) is 0 Å². The number of fused-ring (bicyclic) bond motifs is 21. The topological polar surface area (TPSA) is 24.6 Å². The SMILES string of the molecule is Cc1ccc2c(c1)c1c3ccccc3ccc1n2-c1ccccc1.Cc1ccc2c(c1)c1cc3ccccc3cc1n2-c1ccccc1.Cc1ccc2c(c1)c1ccc3ccccc3c1n2-c1ccccc1.Cc1ccc2c(c1)c1ccccc1n2-c1cccc2ccccc12.Cc1ccc2c(c1)c1ccccc1n2-c1ccccc1. The summed E-state index contributed by atoms with van der Waals surface area (Å²) in [5, 5.41) is 23.5. The minimum Gasteiger partial charge on any atom is -0.309 e. The maximum absolute atomic E-state index is 2.40. The van der Waals surface area contributed by atoms with Gasteiger partial charge in [0.05, 0.1) is 60.9 Å². The van der Waals surface area contributed by atoms with E-state index >= 15 is 0 Å². The molecule has 0 unspecified atom stereocenters. The van der Waals surface area contributed by atoms with E-state index in [0.717, 1.165) is 0 Å². The summed E-state index contributed by atoms with van der Waals surface area (Å²) in [5.74, 6) is 0. The second-order valence-corrected chi connectivity index (χ2v) is 30.7. The van der Waals surface area contributed by atoms with E-state index in [9.17, 15) is 0 Å². The first-order chi connectivity index (χ1) is 57.1. The van der Waals surface area contributed by atoms with Crippen molar-refractivity contribution in [3.8, 4) is 28.4 Å². The Morgan fingerprint density at radius 1 is 0.147 bits per heavy atom. The normalized spacial score (nSPS) is 11.5. The van der Waals surface area contributed by atoms with Gasteiger partial charge in [-0.05, 0) is 213 Å². The third-order valence-electron chi connectivity index (χ3n) is 23.1. The fourth-order valence-electron chi connectivity index (χ4n) is 17.9. The predicted octanol–water partition coefficient (Wildman–Crippen LogP) is 30.1. The van der Waals surface area contributed by atoms with Crippen LogP contribution in [0.5, 0.6) is 0 Å². The first kappa shape index (κ1) is 70.3. The average Bonchev–Trinajstić information content (AvgIpc) is 1.61. The molecule has 0 spiro atoms. The molecule has 0 atom stereocenters. The van der Waals surface area contributed by atoms with Crippen molar-refractivity contribution in [2.75, 3.05) is 0 Å². The first-order valence-electron chi connectivity index (χ1n) is 40.1. The number of rotatable bonds is 5. The van der Waals surface area contributed by atoms with E-state index in [-0.39, 0.29) is 0 Å². The van der Waals surface area contributed by atoms with Gasteiger partial charge in [0.2, 0.25) is 0 Å². The van der Waals surface area contributed by atoms with Gasteiger partial charge in [-0.25, -0.2) is 0 Å². The van der Waals surface area contributed by atoms with E-state index in [1.165, 1.54) is 208 Å². The van der Waals surface area contributed by atoms with E-state index in [1.807, 2.05) is 0 Å². The van der Waals surface area contributed by atoms with Crippen LogP contribution in [-0.4, -0.2) is 22.8 Å². The van der Waals surface area contributed by atoms with Crippen LogP contribution in [-0.2, 0) is 0 Å². The Kier molecular flexibility index (Phi) is 18.0. The Labute approximate surface area is 673 Å². The minimum absolute atomic E-state index is 1.21. The van der Waals surface area contributed by atoms with E-state index in [1.54, 1.807) is 0 Å². The smallest absolute Gasteiger partial charge is 0.0619 e. The molecule has 24 rings (SSSR count). The van der Waals surface area contributed by atoms with Crippen LogP contribution in [0.25, 0.3) is 181 Å². The number of hydrogen-bond acceptors (Lipinski definition) is 0. The van der Waals surface area contributed by atoms with E-state index in [4.69, 9.17) is 0 Å². The average molecular weight is 1490 g/mol. The standard InChI is InChI=1S/4C23H17N.C19H15N/c1-16-13-14-23-20(15-16)19-10-4-5-11-22(19)24(23)21-12-6-8-17-7-2-3-9-18(17)21;1-16-11-12-22-20(13-16)21-14-17-7-5-6-8-18(17)15-23(21)24(22)19-9-3-2-4-10-19;1-16-11-14-22-21(15-16)20-13-12-17-7-5-6-10-19(17)23(20)24(22)18-8-3-2-4-9-18;1-16-11-13-21-20(15-16)23-19-10-6-5-7-17(19)12-14-22(23)24(21)18-8-3-2-4-9-18;1-14-11-12-19-17(13-14)16-9-5-6-10-18(16)20(19)15-7-3-2-4-8-15/h4*2-15H,1H3;2-13H,1H3. The van der Waals surface area contributed by atoms with Gasteiger partial charge >= 0.3 is 0 Å². The Bertz CT molecular complexity index is 7790. The van der Waals surface area contributed by atoms with Crippen molar-refractivity contribution in [1.29, 1.82) is 0 Å². The zero-order valence-corrected chi connectivity index (χ0v) is 65.5. The maximum atomic E-state index is 2.40. The van der Waals surface area contributed by atoms with Crippen molar-refractivity contribution >= 4 is 152 Å². The van der Waals surface area contributed by atoms with Crippen LogP contribution in [0.1, 0.15) is 27.8 Å². The summed E-state index contributed by atoms with van der Waals surface area (Å²) >= 11 is 0. The molecule has 19 aromatic carbocycles. The molecule has 0 radical (unpaired) electrons. The minimum atomic E-state index is 1.21. The second kappa shape index (κ2) is 29.7.